The summed E-state index contributed by atoms with van der Waals surface area (Å²) in [5.41, 5.74) is 0.811. The molecule has 0 bridgehead atoms. The van der Waals surface area contributed by atoms with E-state index in [1.165, 1.54) is 0 Å². The molecule has 0 radical (unpaired) electrons. The van der Waals surface area contributed by atoms with E-state index in [4.69, 9.17) is 5.11 Å². The summed E-state index contributed by atoms with van der Waals surface area (Å²) in [6.45, 7) is 3.87. The SMILES string of the molecule is CCCCC(Nc1ccc(C)nn1)C(=O)O. The predicted molar refractivity (Wildman–Crippen MR) is 61.3 cm³/mol. The molecule has 1 atom stereocenters. The Bertz CT molecular complexity index is 338. The minimum atomic E-state index is -0.851. The largest absolute Gasteiger partial charge is 0.480 e. The number of anilines is 1. The van der Waals surface area contributed by atoms with Gasteiger partial charge in [-0.25, -0.2) is 4.79 Å². The summed E-state index contributed by atoms with van der Waals surface area (Å²) >= 11 is 0. The highest BCUT2D eigenvalue weighted by Crippen LogP contribution is 2.08. The van der Waals surface area contributed by atoms with Gasteiger partial charge in [-0.15, -0.1) is 5.10 Å². The zero-order valence-corrected chi connectivity index (χ0v) is 9.60. The minimum Gasteiger partial charge on any atom is -0.480 e. The van der Waals surface area contributed by atoms with Crippen molar-refractivity contribution in [2.45, 2.75) is 39.2 Å². The average molecular weight is 223 g/mol. The van der Waals surface area contributed by atoms with Gasteiger partial charge in [-0.3, -0.25) is 0 Å². The van der Waals surface area contributed by atoms with Crippen molar-refractivity contribution in [3.05, 3.63) is 17.8 Å². The number of carboxylic acid groups (broad SMARTS) is 1. The van der Waals surface area contributed by atoms with Crippen LogP contribution in [0.25, 0.3) is 0 Å². The third-order valence-electron chi connectivity index (χ3n) is 2.26. The van der Waals surface area contributed by atoms with Crippen molar-refractivity contribution in [2.24, 2.45) is 0 Å². The summed E-state index contributed by atoms with van der Waals surface area (Å²) in [5, 5.41) is 19.6. The quantitative estimate of drug-likeness (QED) is 0.769. The zero-order chi connectivity index (χ0) is 12.0. The Morgan fingerprint density at radius 2 is 2.25 bits per heavy atom. The van der Waals surface area contributed by atoms with Crippen LogP contribution >= 0.6 is 0 Å². The molecule has 0 spiro atoms. The Kier molecular flexibility index (Phi) is 4.69. The van der Waals surface area contributed by atoms with Crippen LogP contribution in [-0.2, 0) is 4.79 Å². The Labute approximate surface area is 94.9 Å². The summed E-state index contributed by atoms with van der Waals surface area (Å²) in [4.78, 5) is 11.0. The van der Waals surface area contributed by atoms with E-state index in [9.17, 15) is 4.79 Å². The maximum atomic E-state index is 11.0. The van der Waals surface area contributed by atoms with Gasteiger partial charge in [0.25, 0.3) is 0 Å². The molecule has 1 rings (SSSR count). The molecule has 0 saturated carbocycles. The number of aliphatic carboxylic acids is 1. The number of aryl methyl sites for hydroxylation is 1. The van der Waals surface area contributed by atoms with Gasteiger partial charge in [0.05, 0.1) is 5.69 Å². The number of aromatic nitrogens is 2. The van der Waals surface area contributed by atoms with Gasteiger partial charge in [-0.1, -0.05) is 19.8 Å². The van der Waals surface area contributed by atoms with Crippen molar-refractivity contribution in [1.82, 2.24) is 10.2 Å². The molecule has 1 aromatic heterocycles. The Hall–Kier alpha value is -1.65. The van der Waals surface area contributed by atoms with Crippen LogP contribution in [0.1, 0.15) is 31.9 Å². The monoisotopic (exact) mass is 223 g/mol. The fraction of sp³-hybridized carbons (Fsp3) is 0.545. The third kappa shape index (κ3) is 3.84. The molecule has 0 saturated heterocycles. The van der Waals surface area contributed by atoms with E-state index in [0.29, 0.717) is 12.2 Å². The van der Waals surface area contributed by atoms with Crippen LogP contribution < -0.4 is 5.32 Å². The summed E-state index contributed by atoms with van der Waals surface area (Å²) in [7, 11) is 0. The lowest BCUT2D eigenvalue weighted by molar-refractivity contribution is -0.138. The van der Waals surface area contributed by atoms with Crippen LogP contribution in [-0.4, -0.2) is 27.3 Å². The van der Waals surface area contributed by atoms with Gasteiger partial charge < -0.3 is 10.4 Å². The van der Waals surface area contributed by atoms with Gasteiger partial charge >= 0.3 is 5.97 Å². The fourth-order valence-corrected chi connectivity index (χ4v) is 1.32. The molecule has 1 heterocycles. The molecular formula is C11H17N3O2. The highest BCUT2D eigenvalue weighted by atomic mass is 16.4. The van der Waals surface area contributed by atoms with Crippen molar-refractivity contribution in [3.8, 4) is 0 Å². The number of nitrogens with one attached hydrogen (secondary N) is 1. The molecule has 5 nitrogen and oxygen atoms in total. The van der Waals surface area contributed by atoms with Crippen LogP contribution in [0.5, 0.6) is 0 Å². The van der Waals surface area contributed by atoms with Crippen molar-refractivity contribution in [2.75, 3.05) is 5.32 Å². The molecule has 0 aliphatic carbocycles. The van der Waals surface area contributed by atoms with E-state index in [1.54, 1.807) is 12.1 Å². The maximum Gasteiger partial charge on any atom is 0.326 e. The number of hydrogen-bond acceptors (Lipinski definition) is 4. The number of unbranched alkanes of at least 4 members (excludes halogenated alkanes) is 1. The Morgan fingerprint density at radius 3 is 2.75 bits per heavy atom. The fourth-order valence-electron chi connectivity index (χ4n) is 1.32. The normalized spacial score (nSPS) is 12.1. The van der Waals surface area contributed by atoms with E-state index in [0.717, 1.165) is 18.5 Å². The first-order valence-corrected chi connectivity index (χ1v) is 5.43. The molecule has 0 amide bonds. The van der Waals surface area contributed by atoms with Crippen LogP contribution in [0.4, 0.5) is 5.82 Å². The third-order valence-corrected chi connectivity index (χ3v) is 2.26. The van der Waals surface area contributed by atoms with Crippen LogP contribution in [0, 0.1) is 6.92 Å². The predicted octanol–water partition coefficient (Wildman–Crippen LogP) is 1.84. The van der Waals surface area contributed by atoms with Crippen molar-refractivity contribution < 1.29 is 9.90 Å². The average Bonchev–Trinajstić information content (AvgIpc) is 2.26. The highest BCUT2D eigenvalue weighted by Gasteiger charge is 2.16. The Morgan fingerprint density at radius 1 is 1.50 bits per heavy atom. The van der Waals surface area contributed by atoms with Gasteiger partial charge in [0, 0.05) is 0 Å². The van der Waals surface area contributed by atoms with Crippen molar-refractivity contribution in [1.29, 1.82) is 0 Å². The van der Waals surface area contributed by atoms with Gasteiger partial charge in [0.2, 0.25) is 0 Å². The first-order valence-electron chi connectivity index (χ1n) is 5.43. The molecular weight excluding hydrogens is 206 g/mol. The number of carbonyl (C=O) groups is 1. The summed E-state index contributed by atoms with van der Waals surface area (Å²) < 4.78 is 0. The first kappa shape index (κ1) is 12.4. The molecule has 88 valence electrons. The molecule has 0 fully saturated rings. The lowest BCUT2D eigenvalue weighted by Gasteiger charge is -2.13. The molecule has 0 aromatic carbocycles. The smallest absolute Gasteiger partial charge is 0.326 e. The number of hydrogen-bond donors (Lipinski definition) is 2. The number of rotatable bonds is 6. The molecule has 5 heteroatoms. The van der Waals surface area contributed by atoms with E-state index >= 15 is 0 Å². The van der Waals surface area contributed by atoms with E-state index in [1.807, 2.05) is 13.8 Å². The highest BCUT2D eigenvalue weighted by molar-refractivity contribution is 5.76. The minimum absolute atomic E-state index is 0.508. The second-order valence-corrected chi connectivity index (χ2v) is 3.74. The van der Waals surface area contributed by atoms with Crippen LogP contribution in [0.3, 0.4) is 0 Å². The topological polar surface area (TPSA) is 75.1 Å². The second-order valence-electron chi connectivity index (χ2n) is 3.74. The molecule has 16 heavy (non-hydrogen) atoms. The van der Waals surface area contributed by atoms with Gasteiger partial charge in [0.15, 0.2) is 0 Å². The molecule has 0 aliphatic heterocycles. The Balaban J connectivity index is 2.60. The molecule has 1 unspecified atom stereocenters. The van der Waals surface area contributed by atoms with E-state index in [-0.39, 0.29) is 0 Å². The van der Waals surface area contributed by atoms with Crippen molar-refractivity contribution in [3.63, 3.8) is 0 Å². The standard InChI is InChI=1S/C11H17N3O2/c1-3-4-5-9(11(15)16)12-10-7-6-8(2)13-14-10/h6-7,9H,3-5H2,1-2H3,(H,12,14)(H,15,16). The van der Waals surface area contributed by atoms with Crippen LogP contribution in [0.15, 0.2) is 12.1 Å². The van der Waals surface area contributed by atoms with E-state index in [2.05, 4.69) is 15.5 Å². The van der Waals surface area contributed by atoms with E-state index < -0.39 is 12.0 Å². The zero-order valence-electron chi connectivity index (χ0n) is 9.60. The van der Waals surface area contributed by atoms with Crippen LogP contribution in [0.2, 0.25) is 0 Å². The molecule has 0 aliphatic rings. The summed E-state index contributed by atoms with van der Waals surface area (Å²) in [6, 6.07) is 2.95. The molecule has 1 aromatic rings. The van der Waals surface area contributed by atoms with Gasteiger partial charge in [0.1, 0.15) is 11.9 Å². The lowest BCUT2D eigenvalue weighted by Crippen LogP contribution is -2.29. The maximum absolute atomic E-state index is 11.0. The summed E-state index contributed by atoms with van der Waals surface area (Å²) in [5.74, 6) is -0.343. The molecule has 2 N–H and O–H groups in total. The summed E-state index contributed by atoms with van der Waals surface area (Å²) in [6.07, 6.45) is 2.45. The second kappa shape index (κ2) is 6.05. The van der Waals surface area contributed by atoms with Crippen molar-refractivity contribution >= 4 is 11.8 Å². The number of nitrogens with zero attached hydrogens (tertiary/aromatic N) is 2. The van der Waals surface area contributed by atoms with Gasteiger partial charge in [-0.2, -0.15) is 5.10 Å². The number of carboxylic acids is 1. The lowest BCUT2D eigenvalue weighted by atomic mass is 10.1. The van der Waals surface area contributed by atoms with Gasteiger partial charge in [-0.05, 0) is 25.5 Å². The first-order chi connectivity index (χ1) is 7.63.